The summed E-state index contributed by atoms with van der Waals surface area (Å²) in [7, 11) is 0. The lowest BCUT2D eigenvalue weighted by Crippen LogP contribution is -2.01. The van der Waals surface area contributed by atoms with Gasteiger partial charge in [-0.3, -0.25) is 0 Å². The first-order valence-corrected chi connectivity index (χ1v) is 9.92. The second kappa shape index (κ2) is 7.59. The van der Waals surface area contributed by atoms with Crippen molar-refractivity contribution < 1.29 is 4.42 Å². The zero-order chi connectivity index (χ0) is 19.7. The zero-order valence-electron chi connectivity index (χ0n) is 17.0. The highest BCUT2D eigenvalue weighted by Gasteiger charge is 2.15. The number of furan rings is 1. The Hall–Kier alpha value is -2.94. The molecule has 3 heteroatoms. The predicted octanol–water partition coefficient (Wildman–Crippen LogP) is 5.89. The predicted molar refractivity (Wildman–Crippen MR) is 114 cm³/mol. The molecule has 0 unspecified atom stereocenters. The third-order valence-electron chi connectivity index (χ3n) is 5.34. The molecule has 0 atom stereocenters. The molecule has 0 spiro atoms. The van der Waals surface area contributed by atoms with Crippen LogP contribution >= 0.6 is 0 Å². The summed E-state index contributed by atoms with van der Waals surface area (Å²) < 4.78 is 5.89. The van der Waals surface area contributed by atoms with Gasteiger partial charge in [0.1, 0.15) is 17.1 Å². The molecule has 0 aliphatic carbocycles. The average molecular weight is 370 g/mol. The molecule has 0 N–H and O–H groups in total. The molecular weight excluding hydrogens is 344 g/mol. The minimum atomic E-state index is 0.731. The van der Waals surface area contributed by atoms with Gasteiger partial charge in [0.15, 0.2) is 5.58 Å². The molecule has 0 saturated heterocycles. The number of rotatable bonds is 5. The Morgan fingerprint density at radius 1 is 0.821 bits per heavy atom. The largest absolute Gasteiger partial charge is 0.457 e. The Labute approximate surface area is 166 Å². The number of aromatic nitrogens is 2. The first-order valence-electron chi connectivity index (χ1n) is 9.92. The summed E-state index contributed by atoms with van der Waals surface area (Å²) in [5, 5.41) is 0. The molecular formula is C25H26N2O. The summed E-state index contributed by atoms with van der Waals surface area (Å²) in [6, 6.07) is 17.5. The van der Waals surface area contributed by atoms with E-state index in [0.717, 1.165) is 53.2 Å². The molecule has 142 valence electrons. The molecule has 0 bridgehead atoms. The summed E-state index contributed by atoms with van der Waals surface area (Å²) in [5.74, 6) is 1.79. The quantitative estimate of drug-likeness (QED) is 0.439. The van der Waals surface area contributed by atoms with E-state index >= 15 is 0 Å². The van der Waals surface area contributed by atoms with Crippen LogP contribution in [0.5, 0.6) is 0 Å². The van der Waals surface area contributed by atoms with Crippen LogP contribution in [0.3, 0.4) is 0 Å². The standard InChI is InChI=1S/C25H26N2O/c1-5-22-25-24(17(3)18(4)28-25)27-23(26-22)15-21-8-6-7-20(14-21)13-19-11-9-16(2)10-12-19/h6-12,14H,5,13,15H2,1-4H3. The highest BCUT2D eigenvalue weighted by Crippen LogP contribution is 2.26. The van der Waals surface area contributed by atoms with Gasteiger partial charge in [-0.25, -0.2) is 9.97 Å². The van der Waals surface area contributed by atoms with Crippen LogP contribution in [0.25, 0.3) is 11.1 Å². The molecule has 4 rings (SSSR count). The number of hydrogen-bond acceptors (Lipinski definition) is 3. The molecule has 2 aromatic heterocycles. The fourth-order valence-corrected chi connectivity index (χ4v) is 3.60. The summed E-state index contributed by atoms with van der Waals surface area (Å²) in [6.45, 7) is 8.29. The normalized spacial score (nSPS) is 11.3. The fourth-order valence-electron chi connectivity index (χ4n) is 3.60. The highest BCUT2D eigenvalue weighted by atomic mass is 16.3. The highest BCUT2D eigenvalue weighted by molar-refractivity contribution is 5.79. The van der Waals surface area contributed by atoms with E-state index in [1.54, 1.807) is 0 Å². The Kier molecular flexibility index (Phi) is 4.99. The molecule has 2 heterocycles. The first kappa shape index (κ1) is 18.4. The van der Waals surface area contributed by atoms with Gasteiger partial charge in [-0.05, 0) is 50.3 Å². The van der Waals surface area contributed by atoms with Crippen molar-refractivity contribution >= 4 is 11.1 Å². The monoisotopic (exact) mass is 370 g/mol. The Bertz CT molecular complexity index is 1120. The summed E-state index contributed by atoms with van der Waals surface area (Å²) in [5.41, 5.74) is 9.08. The van der Waals surface area contributed by atoms with Crippen LogP contribution in [-0.4, -0.2) is 9.97 Å². The molecule has 3 nitrogen and oxygen atoms in total. The van der Waals surface area contributed by atoms with Crippen LogP contribution < -0.4 is 0 Å². The fraction of sp³-hybridized carbons (Fsp3) is 0.280. The molecule has 0 fully saturated rings. The lowest BCUT2D eigenvalue weighted by molar-refractivity contribution is 0.568. The van der Waals surface area contributed by atoms with Crippen LogP contribution in [-0.2, 0) is 19.3 Å². The number of nitrogens with zero attached hydrogens (tertiary/aromatic N) is 2. The second-order valence-corrected chi connectivity index (χ2v) is 7.56. The van der Waals surface area contributed by atoms with Crippen molar-refractivity contribution in [3.63, 3.8) is 0 Å². The van der Waals surface area contributed by atoms with E-state index in [1.807, 2.05) is 6.92 Å². The van der Waals surface area contributed by atoms with Crippen molar-refractivity contribution in [1.82, 2.24) is 9.97 Å². The maximum absolute atomic E-state index is 5.89. The molecule has 0 aliphatic heterocycles. The lowest BCUT2D eigenvalue weighted by Gasteiger charge is -2.07. The van der Waals surface area contributed by atoms with Crippen molar-refractivity contribution in [1.29, 1.82) is 0 Å². The van der Waals surface area contributed by atoms with Crippen LogP contribution in [0.1, 0.15) is 52.0 Å². The number of aryl methyl sites for hydroxylation is 4. The van der Waals surface area contributed by atoms with E-state index in [1.165, 1.54) is 22.3 Å². The number of benzene rings is 2. The van der Waals surface area contributed by atoms with Gasteiger partial charge in [-0.1, -0.05) is 61.0 Å². The van der Waals surface area contributed by atoms with E-state index in [4.69, 9.17) is 14.4 Å². The molecule has 0 amide bonds. The van der Waals surface area contributed by atoms with Gasteiger partial charge in [0.25, 0.3) is 0 Å². The average Bonchev–Trinajstić information content (AvgIpc) is 2.98. The van der Waals surface area contributed by atoms with E-state index in [0.29, 0.717) is 0 Å². The molecule has 4 aromatic rings. The topological polar surface area (TPSA) is 38.9 Å². The lowest BCUT2D eigenvalue weighted by atomic mass is 10.0. The molecule has 28 heavy (non-hydrogen) atoms. The minimum absolute atomic E-state index is 0.731. The van der Waals surface area contributed by atoms with Crippen molar-refractivity contribution in [3.05, 3.63) is 93.6 Å². The third kappa shape index (κ3) is 3.70. The van der Waals surface area contributed by atoms with Crippen molar-refractivity contribution in [2.45, 2.75) is 47.0 Å². The molecule has 2 aromatic carbocycles. The van der Waals surface area contributed by atoms with Crippen LogP contribution in [0.15, 0.2) is 52.9 Å². The van der Waals surface area contributed by atoms with E-state index < -0.39 is 0 Å². The van der Waals surface area contributed by atoms with E-state index in [2.05, 4.69) is 69.3 Å². The van der Waals surface area contributed by atoms with Crippen molar-refractivity contribution in [2.24, 2.45) is 0 Å². The van der Waals surface area contributed by atoms with Gasteiger partial charge in [-0.15, -0.1) is 0 Å². The van der Waals surface area contributed by atoms with Crippen LogP contribution in [0.4, 0.5) is 0 Å². The SMILES string of the molecule is CCc1nc(Cc2cccc(Cc3ccc(C)cc3)c2)nc2c(C)c(C)oc12. The second-order valence-electron chi connectivity index (χ2n) is 7.56. The van der Waals surface area contributed by atoms with Gasteiger partial charge in [-0.2, -0.15) is 0 Å². The summed E-state index contributed by atoms with van der Waals surface area (Å²) in [4.78, 5) is 9.61. The summed E-state index contributed by atoms with van der Waals surface area (Å²) >= 11 is 0. The maximum atomic E-state index is 5.89. The number of fused-ring (bicyclic) bond motifs is 1. The Morgan fingerprint density at radius 2 is 1.54 bits per heavy atom. The van der Waals surface area contributed by atoms with Gasteiger partial charge in [0.2, 0.25) is 0 Å². The van der Waals surface area contributed by atoms with Gasteiger partial charge in [0.05, 0.1) is 5.69 Å². The maximum Gasteiger partial charge on any atom is 0.174 e. The number of hydrogen-bond donors (Lipinski definition) is 0. The van der Waals surface area contributed by atoms with Crippen LogP contribution in [0, 0.1) is 20.8 Å². The molecule has 0 radical (unpaired) electrons. The first-order chi connectivity index (χ1) is 13.5. The van der Waals surface area contributed by atoms with Gasteiger partial charge < -0.3 is 4.42 Å². The van der Waals surface area contributed by atoms with Gasteiger partial charge >= 0.3 is 0 Å². The summed E-state index contributed by atoms with van der Waals surface area (Å²) in [6.07, 6.45) is 2.51. The Morgan fingerprint density at radius 3 is 2.25 bits per heavy atom. The Balaban J connectivity index is 1.62. The smallest absolute Gasteiger partial charge is 0.174 e. The van der Waals surface area contributed by atoms with E-state index in [-0.39, 0.29) is 0 Å². The van der Waals surface area contributed by atoms with Crippen LogP contribution in [0.2, 0.25) is 0 Å². The van der Waals surface area contributed by atoms with Crippen molar-refractivity contribution in [2.75, 3.05) is 0 Å². The molecule has 0 saturated carbocycles. The minimum Gasteiger partial charge on any atom is -0.457 e. The zero-order valence-corrected chi connectivity index (χ0v) is 17.0. The van der Waals surface area contributed by atoms with Crippen molar-refractivity contribution in [3.8, 4) is 0 Å². The third-order valence-corrected chi connectivity index (χ3v) is 5.34. The molecule has 0 aliphatic rings. The van der Waals surface area contributed by atoms with E-state index in [9.17, 15) is 0 Å². The van der Waals surface area contributed by atoms with Gasteiger partial charge in [0, 0.05) is 12.0 Å².